The molecule has 2 aromatic rings. The minimum atomic E-state index is 0.499. The maximum absolute atomic E-state index is 5.87. The molecule has 1 aromatic heterocycles. The van der Waals surface area contributed by atoms with Crippen molar-refractivity contribution < 1.29 is 4.74 Å². The molecule has 2 rings (SSSR count). The number of hydrogen-bond acceptors (Lipinski definition) is 3. The lowest BCUT2D eigenvalue weighted by Gasteiger charge is -2.12. The number of ether oxygens (including phenoxy) is 1. The van der Waals surface area contributed by atoms with Crippen LogP contribution < -0.4 is 4.74 Å². The summed E-state index contributed by atoms with van der Waals surface area (Å²) < 4.78 is 7.69. The average Bonchev–Trinajstić information content (AvgIpc) is 2.78. The summed E-state index contributed by atoms with van der Waals surface area (Å²) in [4.78, 5) is 4.56. The van der Waals surface area contributed by atoms with Crippen LogP contribution in [0.2, 0.25) is 0 Å². The van der Waals surface area contributed by atoms with Crippen LogP contribution >= 0.6 is 0 Å². The van der Waals surface area contributed by atoms with E-state index in [0.29, 0.717) is 12.5 Å². The molecule has 0 saturated heterocycles. The third-order valence-electron chi connectivity index (χ3n) is 2.82. The molecule has 19 heavy (non-hydrogen) atoms. The lowest BCUT2D eigenvalue weighted by atomic mass is 10.2. The summed E-state index contributed by atoms with van der Waals surface area (Å²) in [6, 6.07) is 7.99. The van der Waals surface area contributed by atoms with E-state index in [2.05, 4.69) is 30.9 Å². The quantitative estimate of drug-likeness (QED) is 0.828. The number of aromatic nitrogens is 3. The van der Waals surface area contributed by atoms with E-state index in [1.807, 2.05) is 36.0 Å². The van der Waals surface area contributed by atoms with E-state index in [4.69, 9.17) is 4.74 Å². The van der Waals surface area contributed by atoms with E-state index in [0.717, 1.165) is 29.4 Å². The van der Waals surface area contributed by atoms with Crippen molar-refractivity contribution in [2.45, 2.75) is 27.2 Å². The van der Waals surface area contributed by atoms with Crippen molar-refractivity contribution in [2.75, 3.05) is 6.61 Å². The summed E-state index contributed by atoms with van der Waals surface area (Å²) >= 11 is 0. The molecule has 0 unspecified atom stereocenters. The minimum absolute atomic E-state index is 0.499. The summed E-state index contributed by atoms with van der Waals surface area (Å²) in [5.41, 5.74) is 0.998. The molecule has 0 bridgehead atoms. The van der Waals surface area contributed by atoms with Gasteiger partial charge >= 0.3 is 0 Å². The predicted octanol–water partition coefficient (Wildman–Crippen LogP) is 3.08. The molecule has 0 aliphatic rings. The third kappa shape index (κ3) is 3.13. The Hall–Kier alpha value is -1.84. The molecular formula is C15H21N3O. The largest absolute Gasteiger partial charge is 0.493 e. The SMILES string of the molecule is CCc1nc(-c2ccccc2OCC(C)C)n(C)n1. The first kappa shape index (κ1) is 13.6. The fraction of sp³-hybridized carbons (Fsp3) is 0.467. The van der Waals surface area contributed by atoms with Gasteiger partial charge in [-0.1, -0.05) is 32.9 Å². The molecule has 1 aromatic carbocycles. The molecule has 0 amide bonds. The van der Waals surface area contributed by atoms with Crippen LogP contribution in [0.25, 0.3) is 11.4 Å². The highest BCUT2D eigenvalue weighted by Crippen LogP contribution is 2.28. The third-order valence-corrected chi connectivity index (χ3v) is 2.82. The van der Waals surface area contributed by atoms with Crippen molar-refractivity contribution in [1.29, 1.82) is 0 Å². The Kier molecular flexibility index (Phi) is 4.20. The number of nitrogens with zero attached hydrogens (tertiary/aromatic N) is 3. The molecule has 0 aliphatic heterocycles. The van der Waals surface area contributed by atoms with Crippen LogP contribution in [0.1, 0.15) is 26.6 Å². The lowest BCUT2D eigenvalue weighted by Crippen LogP contribution is -2.06. The highest BCUT2D eigenvalue weighted by molar-refractivity contribution is 5.64. The second kappa shape index (κ2) is 5.87. The molecule has 102 valence electrons. The van der Waals surface area contributed by atoms with Gasteiger partial charge in [0.1, 0.15) is 5.75 Å². The van der Waals surface area contributed by atoms with Gasteiger partial charge in [-0.05, 0) is 18.1 Å². The van der Waals surface area contributed by atoms with Gasteiger partial charge in [0.15, 0.2) is 11.6 Å². The second-order valence-corrected chi connectivity index (χ2v) is 5.03. The standard InChI is InChI=1S/C15H21N3O/c1-5-14-16-15(18(4)17-14)12-8-6-7-9-13(12)19-10-11(2)3/h6-9,11H,5,10H2,1-4H3. The van der Waals surface area contributed by atoms with E-state index >= 15 is 0 Å². The summed E-state index contributed by atoms with van der Waals surface area (Å²) in [7, 11) is 1.92. The van der Waals surface area contributed by atoms with E-state index in [1.165, 1.54) is 0 Å². The van der Waals surface area contributed by atoms with Crippen molar-refractivity contribution in [3.8, 4) is 17.1 Å². The highest BCUT2D eigenvalue weighted by Gasteiger charge is 2.13. The molecule has 0 atom stereocenters. The first-order valence-corrected chi connectivity index (χ1v) is 6.74. The molecule has 0 spiro atoms. The van der Waals surface area contributed by atoms with Crippen LogP contribution in [-0.2, 0) is 13.5 Å². The lowest BCUT2D eigenvalue weighted by molar-refractivity contribution is 0.272. The van der Waals surface area contributed by atoms with Gasteiger partial charge < -0.3 is 4.74 Å². The molecule has 0 fully saturated rings. The van der Waals surface area contributed by atoms with Crippen LogP contribution in [0.15, 0.2) is 24.3 Å². The second-order valence-electron chi connectivity index (χ2n) is 5.03. The first-order chi connectivity index (χ1) is 9.11. The van der Waals surface area contributed by atoms with Crippen molar-refractivity contribution in [3.63, 3.8) is 0 Å². The Bertz CT molecular complexity index is 546. The van der Waals surface area contributed by atoms with Crippen LogP contribution in [0, 0.1) is 5.92 Å². The highest BCUT2D eigenvalue weighted by atomic mass is 16.5. The van der Waals surface area contributed by atoms with Gasteiger partial charge in [0.05, 0.1) is 12.2 Å². The van der Waals surface area contributed by atoms with E-state index < -0.39 is 0 Å². The zero-order chi connectivity index (χ0) is 13.8. The fourth-order valence-corrected chi connectivity index (χ4v) is 1.86. The van der Waals surface area contributed by atoms with Crippen LogP contribution in [0.5, 0.6) is 5.75 Å². The van der Waals surface area contributed by atoms with Crippen molar-refractivity contribution in [2.24, 2.45) is 13.0 Å². The van der Waals surface area contributed by atoms with Crippen LogP contribution in [-0.4, -0.2) is 21.4 Å². The van der Waals surface area contributed by atoms with Gasteiger partial charge in [0.25, 0.3) is 0 Å². The maximum Gasteiger partial charge on any atom is 0.161 e. The van der Waals surface area contributed by atoms with E-state index in [-0.39, 0.29) is 0 Å². The van der Waals surface area contributed by atoms with Gasteiger partial charge in [-0.25, -0.2) is 9.67 Å². The van der Waals surface area contributed by atoms with Crippen molar-refractivity contribution in [1.82, 2.24) is 14.8 Å². The Morgan fingerprint density at radius 1 is 1.26 bits per heavy atom. The van der Waals surface area contributed by atoms with Gasteiger partial charge in [-0.15, -0.1) is 0 Å². The van der Waals surface area contributed by atoms with Crippen molar-refractivity contribution in [3.05, 3.63) is 30.1 Å². The zero-order valence-corrected chi connectivity index (χ0v) is 12.1. The molecule has 0 N–H and O–H groups in total. The molecule has 1 heterocycles. The normalized spacial score (nSPS) is 11.0. The Morgan fingerprint density at radius 3 is 2.63 bits per heavy atom. The van der Waals surface area contributed by atoms with Crippen LogP contribution in [0.3, 0.4) is 0 Å². The summed E-state index contributed by atoms with van der Waals surface area (Å²) in [5.74, 6) is 3.08. The summed E-state index contributed by atoms with van der Waals surface area (Å²) in [5, 5.41) is 4.39. The molecule has 0 radical (unpaired) electrons. The number of rotatable bonds is 5. The predicted molar refractivity (Wildman–Crippen MR) is 76.2 cm³/mol. The van der Waals surface area contributed by atoms with Gasteiger partial charge in [0.2, 0.25) is 0 Å². The minimum Gasteiger partial charge on any atom is -0.493 e. The van der Waals surface area contributed by atoms with Gasteiger partial charge in [-0.3, -0.25) is 0 Å². The number of hydrogen-bond donors (Lipinski definition) is 0. The summed E-state index contributed by atoms with van der Waals surface area (Å²) in [6.45, 7) is 7.04. The topological polar surface area (TPSA) is 39.9 Å². The Labute approximate surface area is 114 Å². The average molecular weight is 259 g/mol. The molecular weight excluding hydrogens is 238 g/mol. The van der Waals surface area contributed by atoms with E-state index in [1.54, 1.807) is 0 Å². The first-order valence-electron chi connectivity index (χ1n) is 6.74. The van der Waals surface area contributed by atoms with E-state index in [9.17, 15) is 0 Å². The number of benzene rings is 1. The molecule has 0 aliphatic carbocycles. The number of aryl methyl sites for hydroxylation is 2. The van der Waals surface area contributed by atoms with Crippen LogP contribution in [0.4, 0.5) is 0 Å². The Morgan fingerprint density at radius 2 is 2.00 bits per heavy atom. The smallest absolute Gasteiger partial charge is 0.161 e. The number of para-hydroxylation sites is 1. The monoisotopic (exact) mass is 259 g/mol. The molecule has 4 heteroatoms. The summed E-state index contributed by atoms with van der Waals surface area (Å²) in [6.07, 6.45) is 0.836. The Balaban J connectivity index is 2.35. The molecule has 4 nitrogen and oxygen atoms in total. The fourth-order valence-electron chi connectivity index (χ4n) is 1.86. The zero-order valence-electron chi connectivity index (χ0n) is 12.1. The van der Waals surface area contributed by atoms with Gasteiger partial charge in [0, 0.05) is 13.5 Å². The van der Waals surface area contributed by atoms with Gasteiger partial charge in [-0.2, -0.15) is 5.10 Å². The molecule has 0 saturated carbocycles. The maximum atomic E-state index is 5.87. The van der Waals surface area contributed by atoms with Crippen molar-refractivity contribution >= 4 is 0 Å².